The van der Waals surface area contributed by atoms with Gasteiger partial charge >= 0.3 is 6.18 Å². The molecule has 1 unspecified atom stereocenters. The molecule has 90 valence electrons. The highest BCUT2D eigenvalue weighted by molar-refractivity contribution is 5.18. The second kappa shape index (κ2) is 5.24. The van der Waals surface area contributed by atoms with Crippen molar-refractivity contribution in [3.05, 3.63) is 29.6 Å². The van der Waals surface area contributed by atoms with Gasteiger partial charge in [-0.2, -0.15) is 13.2 Å². The summed E-state index contributed by atoms with van der Waals surface area (Å²) in [5.41, 5.74) is 2.02. The van der Waals surface area contributed by atoms with Crippen molar-refractivity contribution < 1.29 is 17.9 Å². The lowest BCUT2D eigenvalue weighted by molar-refractivity contribution is -0.137. The van der Waals surface area contributed by atoms with E-state index < -0.39 is 17.8 Å². The first-order valence-electron chi connectivity index (χ1n) is 4.47. The third kappa shape index (κ3) is 3.16. The van der Waals surface area contributed by atoms with Crippen molar-refractivity contribution in [3.8, 4) is 0 Å². The van der Waals surface area contributed by atoms with Crippen molar-refractivity contribution in [3.63, 3.8) is 0 Å². The number of pyridine rings is 1. The van der Waals surface area contributed by atoms with Gasteiger partial charge in [-0.25, -0.2) is 5.43 Å². The number of aromatic nitrogens is 1. The maximum absolute atomic E-state index is 12.2. The van der Waals surface area contributed by atoms with Gasteiger partial charge in [-0.1, -0.05) is 0 Å². The fraction of sp³-hybridized carbons (Fsp3) is 0.444. The molecule has 0 aliphatic rings. The number of halogens is 3. The van der Waals surface area contributed by atoms with Gasteiger partial charge in [-0.3, -0.25) is 10.8 Å². The van der Waals surface area contributed by atoms with Gasteiger partial charge in [0.15, 0.2) is 0 Å². The first-order chi connectivity index (χ1) is 7.49. The summed E-state index contributed by atoms with van der Waals surface area (Å²) in [5, 5.41) is 0. The van der Waals surface area contributed by atoms with Crippen LogP contribution in [0.25, 0.3) is 0 Å². The lowest BCUT2D eigenvalue weighted by Crippen LogP contribution is -2.31. The molecule has 0 bridgehead atoms. The van der Waals surface area contributed by atoms with Crippen LogP contribution in [0.5, 0.6) is 0 Å². The molecule has 0 saturated heterocycles. The van der Waals surface area contributed by atoms with E-state index in [1.165, 1.54) is 13.2 Å². The van der Waals surface area contributed by atoms with E-state index >= 15 is 0 Å². The third-order valence-electron chi connectivity index (χ3n) is 2.01. The van der Waals surface area contributed by atoms with Crippen LogP contribution in [0.1, 0.15) is 17.3 Å². The highest BCUT2D eigenvalue weighted by atomic mass is 19.4. The van der Waals surface area contributed by atoms with Gasteiger partial charge < -0.3 is 4.74 Å². The van der Waals surface area contributed by atoms with Gasteiger partial charge in [-0.15, -0.1) is 0 Å². The smallest absolute Gasteiger partial charge is 0.383 e. The molecule has 0 aliphatic heterocycles. The monoisotopic (exact) mass is 235 g/mol. The van der Waals surface area contributed by atoms with E-state index in [1.54, 1.807) is 0 Å². The number of methoxy groups -OCH3 is 1. The molecule has 1 rings (SSSR count). The summed E-state index contributed by atoms with van der Waals surface area (Å²) >= 11 is 0. The predicted octanol–water partition coefficient (Wildman–Crippen LogP) is 1.25. The first kappa shape index (κ1) is 12.9. The van der Waals surface area contributed by atoms with Crippen LogP contribution in [0.3, 0.4) is 0 Å². The van der Waals surface area contributed by atoms with E-state index in [2.05, 4.69) is 10.4 Å². The molecule has 1 aromatic heterocycles. The minimum Gasteiger partial charge on any atom is -0.383 e. The van der Waals surface area contributed by atoms with Crippen LogP contribution in [-0.2, 0) is 10.9 Å². The molecular weight excluding hydrogens is 223 g/mol. The summed E-state index contributed by atoms with van der Waals surface area (Å²) in [5.74, 6) is 5.22. The number of nitrogens with one attached hydrogen (secondary N) is 1. The second-order valence-corrected chi connectivity index (χ2v) is 3.14. The van der Waals surface area contributed by atoms with Crippen LogP contribution in [0.4, 0.5) is 13.2 Å². The van der Waals surface area contributed by atoms with Crippen LogP contribution in [-0.4, -0.2) is 18.7 Å². The number of alkyl halides is 3. The molecule has 0 amide bonds. The largest absolute Gasteiger partial charge is 0.417 e. The van der Waals surface area contributed by atoms with Crippen LogP contribution in [0, 0.1) is 0 Å². The molecule has 1 atom stereocenters. The molecule has 3 N–H and O–H groups in total. The maximum atomic E-state index is 12.2. The Morgan fingerprint density at radius 2 is 2.19 bits per heavy atom. The van der Waals surface area contributed by atoms with Crippen LogP contribution in [0.15, 0.2) is 18.3 Å². The molecule has 1 aromatic rings. The number of nitrogens with zero attached hydrogens (tertiary/aromatic N) is 1. The summed E-state index contributed by atoms with van der Waals surface area (Å²) in [4.78, 5) is 3.69. The van der Waals surface area contributed by atoms with Crippen LogP contribution in [0.2, 0.25) is 0 Å². The zero-order chi connectivity index (χ0) is 12.2. The molecule has 16 heavy (non-hydrogen) atoms. The fourth-order valence-electron chi connectivity index (χ4n) is 1.16. The number of nitrogens with two attached hydrogens (primary N) is 1. The van der Waals surface area contributed by atoms with Gasteiger partial charge in [0.1, 0.15) is 0 Å². The quantitative estimate of drug-likeness (QED) is 0.609. The van der Waals surface area contributed by atoms with Crippen molar-refractivity contribution in [2.75, 3.05) is 13.7 Å². The van der Waals surface area contributed by atoms with Gasteiger partial charge in [0.05, 0.1) is 23.9 Å². The average Bonchev–Trinajstić information content (AvgIpc) is 2.25. The van der Waals surface area contributed by atoms with Gasteiger partial charge in [0.25, 0.3) is 0 Å². The Balaban J connectivity index is 2.85. The summed E-state index contributed by atoms with van der Waals surface area (Å²) in [6.45, 7) is 0.231. The third-order valence-corrected chi connectivity index (χ3v) is 2.01. The molecule has 7 heteroatoms. The van der Waals surface area contributed by atoms with Gasteiger partial charge in [0.2, 0.25) is 0 Å². The molecule has 0 saturated carbocycles. The van der Waals surface area contributed by atoms with Crippen molar-refractivity contribution in [1.82, 2.24) is 10.4 Å². The van der Waals surface area contributed by atoms with E-state index in [-0.39, 0.29) is 6.61 Å². The minimum atomic E-state index is -4.38. The molecule has 1 heterocycles. The number of hydrogen-bond donors (Lipinski definition) is 2. The highest BCUT2D eigenvalue weighted by Crippen LogP contribution is 2.28. The van der Waals surface area contributed by atoms with E-state index in [9.17, 15) is 13.2 Å². The molecule has 0 fully saturated rings. The molecule has 0 aliphatic carbocycles. The molecule has 4 nitrogen and oxygen atoms in total. The van der Waals surface area contributed by atoms with Gasteiger partial charge in [0, 0.05) is 13.3 Å². The summed E-state index contributed by atoms with van der Waals surface area (Å²) in [6.07, 6.45) is -3.60. The van der Waals surface area contributed by atoms with Crippen molar-refractivity contribution in [1.29, 1.82) is 0 Å². The van der Waals surface area contributed by atoms with E-state index in [4.69, 9.17) is 10.6 Å². The summed E-state index contributed by atoms with van der Waals surface area (Å²) < 4.78 is 41.6. The fourth-order valence-corrected chi connectivity index (χ4v) is 1.16. The van der Waals surface area contributed by atoms with E-state index in [0.29, 0.717) is 5.69 Å². The van der Waals surface area contributed by atoms with Crippen molar-refractivity contribution >= 4 is 0 Å². The van der Waals surface area contributed by atoms with Gasteiger partial charge in [-0.05, 0) is 12.1 Å². The summed E-state index contributed by atoms with van der Waals surface area (Å²) in [7, 11) is 1.47. The van der Waals surface area contributed by atoms with E-state index in [0.717, 1.165) is 12.3 Å². The zero-order valence-electron chi connectivity index (χ0n) is 8.58. The Bertz CT molecular complexity index is 326. The Labute approximate surface area is 90.6 Å². The minimum absolute atomic E-state index is 0.231. The molecule has 0 radical (unpaired) electrons. The average molecular weight is 235 g/mol. The zero-order valence-corrected chi connectivity index (χ0v) is 8.58. The Morgan fingerprint density at radius 1 is 1.50 bits per heavy atom. The Kier molecular flexibility index (Phi) is 4.22. The molecular formula is C9H12F3N3O. The molecule has 0 spiro atoms. The SMILES string of the molecule is COCC(NN)c1ccc(C(F)(F)F)cn1. The Hall–Kier alpha value is -1.18. The van der Waals surface area contributed by atoms with Crippen LogP contribution < -0.4 is 11.3 Å². The first-order valence-corrected chi connectivity index (χ1v) is 4.47. The number of hydrogen-bond acceptors (Lipinski definition) is 4. The number of hydrazine groups is 1. The van der Waals surface area contributed by atoms with Crippen molar-refractivity contribution in [2.45, 2.75) is 12.2 Å². The highest BCUT2D eigenvalue weighted by Gasteiger charge is 2.30. The lowest BCUT2D eigenvalue weighted by Gasteiger charge is -2.14. The maximum Gasteiger partial charge on any atom is 0.417 e. The lowest BCUT2D eigenvalue weighted by atomic mass is 10.2. The van der Waals surface area contributed by atoms with Crippen molar-refractivity contribution in [2.24, 2.45) is 5.84 Å². The summed E-state index contributed by atoms with van der Waals surface area (Å²) in [6, 6.07) is 1.81. The van der Waals surface area contributed by atoms with E-state index in [1.807, 2.05) is 0 Å². The van der Waals surface area contributed by atoms with Crippen LogP contribution >= 0.6 is 0 Å². The topological polar surface area (TPSA) is 60.2 Å². The molecule has 0 aromatic carbocycles. The second-order valence-electron chi connectivity index (χ2n) is 3.14. The predicted molar refractivity (Wildman–Crippen MR) is 51.2 cm³/mol. The standard InChI is InChI=1S/C9H12F3N3O/c1-16-5-8(15-13)7-3-2-6(4-14-7)9(10,11)12/h2-4,8,15H,5,13H2,1H3. The normalized spacial score (nSPS) is 13.8. The Morgan fingerprint density at radius 3 is 2.56 bits per heavy atom. The number of rotatable bonds is 4. The number of ether oxygens (including phenoxy) is 1.